The second-order valence-corrected chi connectivity index (χ2v) is 8.06. The first kappa shape index (κ1) is 17.9. The first-order valence-corrected chi connectivity index (χ1v) is 9.59. The van der Waals surface area contributed by atoms with Crippen LogP contribution in [0.2, 0.25) is 0 Å². The molecule has 1 aromatic carbocycles. The molecule has 0 atom stereocenters. The van der Waals surface area contributed by atoms with E-state index in [-0.39, 0.29) is 23.4 Å². The summed E-state index contributed by atoms with van der Waals surface area (Å²) in [6, 6.07) is 9.46. The Kier molecular flexibility index (Phi) is 5.42. The summed E-state index contributed by atoms with van der Waals surface area (Å²) >= 11 is 1.84. The monoisotopic (exact) mass is 363 g/mol. The molecule has 7 heteroatoms. The molecule has 25 heavy (non-hydrogen) atoms. The second kappa shape index (κ2) is 7.56. The molecule has 2 aliphatic heterocycles. The summed E-state index contributed by atoms with van der Waals surface area (Å²) in [5.41, 5.74) is 0. The van der Waals surface area contributed by atoms with E-state index in [1.807, 2.05) is 51.9 Å². The van der Waals surface area contributed by atoms with Crippen LogP contribution in [0.15, 0.2) is 30.3 Å². The molecule has 1 aromatic rings. The highest BCUT2D eigenvalue weighted by atomic mass is 32.2. The lowest BCUT2D eigenvalue weighted by molar-refractivity contribution is -0.136. The van der Waals surface area contributed by atoms with Crippen LogP contribution in [-0.4, -0.2) is 77.6 Å². The summed E-state index contributed by atoms with van der Waals surface area (Å²) in [5.74, 6) is 1.68. The first-order chi connectivity index (χ1) is 12.0. The lowest BCUT2D eigenvalue weighted by Gasteiger charge is -2.44. The molecule has 1 spiro atoms. The molecular formula is C18H25N3O3S. The van der Waals surface area contributed by atoms with Gasteiger partial charge in [0.1, 0.15) is 5.75 Å². The van der Waals surface area contributed by atoms with Crippen molar-refractivity contribution in [3.8, 4) is 5.75 Å². The summed E-state index contributed by atoms with van der Waals surface area (Å²) in [6.45, 7) is 2.19. The Morgan fingerprint density at radius 2 is 1.84 bits per heavy atom. The van der Waals surface area contributed by atoms with Crippen LogP contribution >= 0.6 is 11.8 Å². The Balaban J connectivity index is 1.59. The maximum atomic E-state index is 12.7. The van der Waals surface area contributed by atoms with Crippen LogP contribution < -0.4 is 4.74 Å². The van der Waals surface area contributed by atoms with Gasteiger partial charge in [-0.05, 0) is 25.0 Å². The van der Waals surface area contributed by atoms with Crippen LogP contribution in [0.4, 0.5) is 4.79 Å². The molecule has 3 rings (SSSR count). The molecule has 3 amide bonds. The van der Waals surface area contributed by atoms with Crippen molar-refractivity contribution in [2.45, 2.75) is 17.7 Å². The number of amides is 3. The Bertz CT molecular complexity index is 615. The fourth-order valence-electron chi connectivity index (χ4n) is 3.44. The number of urea groups is 1. The fourth-order valence-corrected chi connectivity index (χ4v) is 4.92. The van der Waals surface area contributed by atoms with Gasteiger partial charge in [0.2, 0.25) is 0 Å². The van der Waals surface area contributed by atoms with Crippen molar-refractivity contribution >= 4 is 23.7 Å². The second-order valence-electron chi connectivity index (χ2n) is 6.61. The topological polar surface area (TPSA) is 53.1 Å². The highest BCUT2D eigenvalue weighted by Crippen LogP contribution is 2.44. The number of ether oxygens (including phenoxy) is 1. The van der Waals surface area contributed by atoms with Gasteiger partial charge in [-0.15, -0.1) is 11.8 Å². The van der Waals surface area contributed by atoms with Gasteiger partial charge >= 0.3 is 6.03 Å². The van der Waals surface area contributed by atoms with Crippen LogP contribution in [0.25, 0.3) is 0 Å². The third-order valence-corrected chi connectivity index (χ3v) is 6.33. The molecule has 2 heterocycles. The third kappa shape index (κ3) is 3.86. The minimum atomic E-state index is -0.180. The van der Waals surface area contributed by atoms with Gasteiger partial charge in [0, 0.05) is 39.5 Å². The average Bonchev–Trinajstić information content (AvgIpc) is 3.03. The van der Waals surface area contributed by atoms with Crippen molar-refractivity contribution < 1.29 is 14.3 Å². The number of para-hydroxylation sites is 1. The zero-order valence-electron chi connectivity index (χ0n) is 14.8. The van der Waals surface area contributed by atoms with Crippen molar-refractivity contribution in [3.05, 3.63) is 30.3 Å². The number of piperidine rings is 1. The highest BCUT2D eigenvalue weighted by molar-refractivity contribution is 8.00. The van der Waals surface area contributed by atoms with Gasteiger partial charge in [-0.25, -0.2) is 4.79 Å². The highest BCUT2D eigenvalue weighted by Gasteiger charge is 2.47. The van der Waals surface area contributed by atoms with Gasteiger partial charge in [-0.1, -0.05) is 18.2 Å². The molecule has 2 aliphatic rings. The number of hydrogen-bond acceptors (Lipinski definition) is 4. The van der Waals surface area contributed by atoms with Crippen molar-refractivity contribution in [2.24, 2.45) is 0 Å². The lowest BCUT2D eigenvalue weighted by Crippen LogP contribution is -2.55. The van der Waals surface area contributed by atoms with Crippen LogP contribution in [0, 0.1) is 0 Å². The normalized spacial score (nSPS) is 19.1. The van der Waals surface area contributed by atoms with E-state index in [1.54, 1.807) is 19.0 Å². The maximum absolute atomic E-state index is 12.7. The minimum absolute atomic E-state index is 0.0289. The summed E-state index contributed by atoms with van der Waals surface area (Å²) in [5, 5.41) is 0. The Hall–Kier alpha value is -1.89. The number of benzene rings is 1. The van der Waals surface area contributed by atoms with E-state index in [1.165, 1.54) is 0 Å². The summed E-state index contributed by atoms with van der Waals surface area (Å²) in [4.78, 5) is 30.1. The molecule has 136 valence electrons. The van der Waals surface area contributed by atoms with E-state index in [0.717, 1.165) is 25.1 Å². The molecule has 0 radical (unpaired) electrons. The smallest absolute Gasteiger partial charge is 0.319 e. The minimum Gasteiger partial charge on any atom is -0.484 e. The largest absolute Gasteiger partial charge is 0.484 e. The van der Waals surface area contributed by atoms with E-state index in [4.69, 9.17) is 4.74 Å². The van der Waals surface area contributed by atoms with E-state index < -0.39 is 0 Å². The number of rotatable bonds is 3. The number of likely N-dealkylation sites (tertiary alicyclic amines) is 1. The Labute approximate surface area is 153 Å². The van der Waals surface area contributed by atoms with Crippen molar-refractivity contribution in [1.29, 1.82) is 0 Å². The summed E-state index contributed by atoms with van der Waals surface area (Å²) < 4.78 is 5.63. The zero-order chi connectivity index (χ0) is 17.9. The number of carbonyl (C=O) groups is 2. The number of carbonyl (C=O) groups excluding carboxylic acids is 2. The fraction of sp³-hybridized carbons (Fsp3) is 0.556. The molecule has 0 unspecified atom stereocenters. The van der Waals surface area contributed by atoms with Gasteiger partial charge in [0.25, 0.3) is 5.91 Å². The summed E-state index contributed by atoms with van der Waals surface area (Å²) in [6.07, 6.45) is 1.63. The Morgan fingerprint density at radius 3 is 2.48 bits per heavy atom. The molecule has 0 aliphatic carbocycles. The summed E-state index contributed by atoms with van der Waals surface area (Å²) in [7, 11) is 3.54. The Morgan fingerprint density at radius 1 is 1.16 bits per heavy atom. The van der Waals surface area contributed by atoms with Gasteiger partial charge in [-0.2, -0.15) is 0 Å². The third-order valence-electron chi connectivity index (χ3n) is 4.78. The molecular weight excluding hydrogens is 338 g/mol. The van der Waals surface area contributed by atoms with E-state index in [2.05, 4.69) is 0 Å². The molecule has 2 fully saturated rings. The quantitative estimate of drug-likeness (QED) is 0.825. The van der Waals surface area contributed by atoms with Crippen molar-refractivity contribution in [1.82, 2.24) is 14.7 Å². The van der Waals surface area contributed by atoms with Crippen molar-refractivity contribution in [3.63, 3.8) is 0 Å². The van der Waals surface area contributed by atoms with Gasteiger partial charge in [0.15, 0.2) is 6.61 Å². The van der Waals surface area contributed by atoms with Crippen LogP contribution in [-0.2, 0) is 4.79 Å². The maximum Gasteiger partial charge on any atom is 0.319 e. The standard InChI is InChI=1S/C18H25N3O3S/c1-19(2)17(23)20-10-8-18(9-11-20)21(12-13-25-18)16(22)14-24-15-6-4-3-5-7-15/h3-7H,8-14H2,1-2H3. The number of hydrogen-bond donors (Lipinski definition) is 0. The van der Waals surface area contributed by atoms with Gasteiger partial charge in [-0.3, -0.25) is 4.79 Å². The van der Waals surface area contributed by atoms with Crippen LogP contribution in [0.3, 0.4) is 0 Å². The SMILES string of the molecule is CN(C)C(=O)N1CCC2(CC1)SCCN2C(=O)COc1ccccc1. The molecule has 0 N–H and O–H groups in total. The zero-order valence-corrected chi connectivity index (χ0v) is 15.6. The molecule has 2 saturated heterocycles. The molecule has 0 bridgehead atoms. The predicted molar refractivity (Wildman–Crippen MR) is 98.7 cm³/mol. The molecule has 6 nitrogen and oxygen atoms in total. The van der Waals surface area contributed by atoms with Crippen LogP contribution in [0.1, 0.15) is 12.8 Å². The lowest BCUT2D eigenvalue weighted by atomic mass is 10.0. The van der Waals surface area contributed by atoms with Gasteiger partial charge in [0.05, 0.1) is 4.87 Å². The van der Waals surface area contributed by atoms with Gasteiger partial charge < -0.3 is 19.4 Å². The molecule has 0 saturated carbocycles. The van der Waals surface area contributed by atoms with Crippen LogP contribution in [0.5, 0.6) is 5.75 Å². The first-order valence-electron chi connectivity index (χ1n) is 8.60. The predicted octanol–water partition coefficient (Wildman–Crippen LogP) is 2.11. The van der Waals surface area contributed by atoms with Crippen molar-refractivity contribution in [2.75, 3.05) is 46.1 Å². The number of nitrogens with zero attached hydrogens (tertiary/aromatic N) is 3. The van der Waals surface area contributed by atoms with E-state index in [9.17, 15) is 9.59 Å². The number of thioether (sulfide) groups is 1. The van der Waals surface area contributed by atoms with E-state index in [0.29, 0.717) is 18.8 Å². The molecule has 0 aromatic heterocycles. The average molecular weight is 363 g/mol. The van der Waals surface area contributed by atoms with E-state index >= 15 is 0 Å².